The van der Waals surface area contributed by atoms with Gasteiger partial charge < -0.3 is 19.7 Å². The standard InChI is InChI=1S/C23H27N3O3S/c1-17(12-26(2)13-18-7-5-4-6-8-18)25-23(27)19-9-10-21(22(11-19)28-3)29-14-20-15-30-16-24-20/h4-11,15-17H,12-14H2,1-3H3,(H,25,27)/t17-/m0/s1. The minimum Gasteiger partial charge on any atom is -0.493 e. The molecule has 7 heteroatoms. The van der Waals surface area contributed by atoms with E-state index in [1.807, 2.05) is 37.6 Å². The van der Waals surface area contributed by atoms with Crippen molar-refractivity contribution in [1.82, 2.24) is 15.2 Å². The maximum atomic E-state index is 12.7. The monoisotopic (exact) mass is 425 g/mol. The molecular weight excluding hydrogens is 398 g/mol. The number of hydrogen-bond acceptors (Lipinski definition) is 6. The van der Waals surface area contributed by atoms with Gasteiger partial charge in [-0.15, -0.1) is 11.3 Å². The van der Waals surface area contributed by atoms with Crippen LogP contribution in [0.3, 0.4) is 0 Å². The fourth-order valence-corrected chi connectivity index (χ4v) is 3.71. The molecule has 3 aromatic rings. The third kappa shape index (κ3) is 6.30. The summed E-state index contributed by atoms with van der Waals surface area (Å²) >= 11 is 1.52. The summed E-state index contributed by atoms with van der Waals surface area (Å²) in [5.41, 5.74) is 4.40. The number of nitrogens with zero attached hydrogens (tertiary/aromatic N) is 2. The molecule has 0 radical (unpaired) electrons. The van der Waals surface area contributed by atoms with Gasteiger partial charge in [0.2, 0.25) is 0 Å². The van der Waals surface area contributed by atoms with Gasteiger partial charge in [-0.1, -0.05) is 30.3 Å². The molecule has 0 fully saturated rings. The van der Waals surface area contributed by atoms with Crippen molar-refractivity contribution in [3.05, 3.63) is 76.2 Å². The van der Waals surface area contributed by atoms with Gasteiger partial charge in [0.1, 0.15) is 6.61 Å². The second-order valence-corrected chi connectivity index (χ2v) is 7.91. The second-order valence-electron chi connectivity index (χ2n) is 7.19. The average molecular weight is 426 g/mol. The molecule has 1 atom stereocenters. The van der Waals surface area contributed by atoms with E-state index in [2.05, 4.69) is 27.3 Å². The van der Waals surface area contributed by atoms with E-state index in [1.165, 1.54) is 16.9 Å². The molecule has 1 N–H and O–H groups in total. The molecule has 0 aliphatic rings. The number of likely N-dealkylation sites (N-methyl/N-ethyl adjacent to an activating group) is 1. The number of carbonyl (C=O) groups excluding carboxylic acids is 1. The van der Waals surface area contributed by atoms with Crippen molar-refractivity contribution in [2.24, 2.45) is 0 Å². The van der Waals surface area contributed by atoms with Crippen molar-refractivity contribution in [3.8, 4) is 11.5 Å². The summed E-state index contributed by atoms with van der Waals surface area (Å²) < 4.78 is 11.2. The molecule has 0 saturated carbocycles. The Kier molecular flexibility index (Phi) is 7.82. The van der Waals surface area contributed by atoms with Gasteiger partial charge in [0, 0.05) is 30.1 Å². The summed E-state index contributed by atoms with van der Waals surface area (Å²) in [5, 5.41) is 4.99. The summed E-state index contributed by atoms with van der Waals surface area (Å²) in [6, 6.07) is 15.5. The van der Waals surface area contributed by atoms with E-state index in [9.17, 15) is 4.79 Å². The minimum atomic E-state index is -0.139. The molecule has 30 heavy (non-hydrogen) atoms. The summed E-state index contributed by atoms with van der Waals surface area (Å²) in [7, 11) is 3.61. The highest BCUT2D eigenvalue weighted by Gasteiger charge is 2.15. The van der Waals surface area contributed by atoms with Gasteiger partial charge in [-0.05, 0) is 37.7 Å². The maximum Gasteiger partial charge on any atom is 0.251 e. The lowest BCUT2D eigenvalue weighted by Crippen LogP contribution is -2.40. The maximum absolute atomic E-state index is 12.7. The number of thiazole rings is 1. The Bertz CT molecular complexity index is 932. The fraction of sp³-hybridized carbons (Fsp3) is 0.304. The van der Waals surface area contributed by atoms with E-state index in [-0.39, 0.29) is 11.9 Å². The van der Waals surface area contributed by atoms with E-state index in [4.69, 9.17) is 9.47 Å². The lowest BCUT2D eigenvalue weighted by atomic mass is 10.1. The van der Waals surface area contributed by atoms with Gasteiger partial charge in [-0.2, -0.15) is 0 Å². The van der Waals surface area contributed by atoms with Crippen molar-refractivity contribution in [3.63, 3.8) is 0 Å². The number of benzene rings is 2. The Balaban J connectivity index is 1.54. The molecule has 158 valence electrons. The van der Waals surface area contributed by atoms with Crippen LogP contribution in [0.1, 0.15) is 28.5 Å². The first-order valence-electron chi connectivity index (χ1n) is 9.76. The third-order valence-electron chi connectivity index (χ3n) is 4.54. The topological polar surface area (TPSA) is 63.7 Å². The molecule has 0 unspecified atom stereocenters. The summed E-state index contributed by atoms with van der Waals surface area (Å²) in [5.74, 6) is 0.962. The number of carbonyl (C=O) groups is 1. The average Bonchev–Trinajstić information content (AvgIpc) is 3.26. The third-order valence-corrected chi connectivity index (χ3v) is 5.18. The Morgan fingerprint density at radius 2 is 2.00 bits per heavy atom. The zero-order valence-electron chi connectivity index (χ0n) is 17.5. The first-order valence-corrected chi connectivity index (χ1v) is 10.7. The normalized spacial score (nSPS) is 11.9. The first-order chi connectivity index (χ1) is 14.5. The smallest absolute Gasteiger partial charge is 0.251 e. The van der Waals surface area contributed by atoms with E-state index in [0.717, 1.165) is 18.8 Å². The Morgan fingerprint density at radius 3 is 2.70 bits per heavy atom. The van der Waals surface area contributed by atoms with Gasteiger partial charge in [0.05, 0.1) is 18.3 Å². The van der Waals surface area contributed by atoms with Crippen LogP contribution >= 0.6 is 11.3 Å². The molecule has 3 rings (SSSR count). The number of nitrogens with one attached hydrogen (secondary N) is 1. The molecule has 1 amide bonds. The summed E-state index contributed by atoms with van der Waals surface area (Å²) in [6.45, 7) is 3.94. The summed E-state index contributed by atoms with van der Waals surface area (Å²) in [6.07, 6.45) is 0. The largest absolute Gasteiger partial charge is 0.493 e. The molecule has 0 aliphatic carbocycles. The molecule has 0 aliphatic heterocycles. The van der Waals surface area contributed by atoms with Gasteiger partial charge in [-0.3, -0.25) is 4.79 Å². The zero-order valence-corrected chi connectivity index (χ0v) is 18.3. The van der Waals surface area contributed by atoms with Crippen LogP contribution in [-0.4, -0.2) is 42.5 Å². The fourth-order valence-electron chi connectivity index (χ4n) is 3.17. The lowest BCUT2D eigenvalue weighted by Gasteiger charge is -2.22. The van der Waals surface area contributed by atoms with Crippen LogP contribution in [0.15, 0.2) is 59.4 Å². The van der Waals surface area contributed by atoms with Crippen molar-refractivity contribution < 1.29 is 14.3 Å². The second kappa shape index (κ2) is 10.8. The molecule has 0 spiro atoms. The van der Waals surface area contributed by atoms with Gasteiger partial charge in [-0.25, -0.2) is 4.98 Å². The van der Waals surface area contributed by atoms with Crippen LogP contribution < -0.4 is 14.8 Å². The SMILES string of the molecule is COc1cc(C(=O)N[C@@H](C)CN(C)Cc2ccccc2)ccc1OCc1cscn1. The van der Waals surface area contributed by atoms with Gasteiger partial charge in [0.15, 0.2) is 11.5 Å². The highest BCUT2D eigenvalue weighted by molar-refractivity contribution is 7.07. The number of rotatable bonds is 10. The summed E-state index contributed by atoms with van der Waals surface area (Å²) in [4.78, 5) is 19.1. The quantitative estimate of drug-likeness (QED) is 0.532. The predicted octanol–water partition coefficient (Wildman–Crippen LogP) is 3.98. The van der Waals surface area contributed by atoms with Crippen molar-refractivity contribution in [2.45, 2.75) is 26.1 Å². The van der Waals surface area contributed by atoms with Crippen LogP contribution in [0.2, 0.25) is 0 Å². The molecular formula is C23H27N3O3S. The molecule has 1 aromatic heterocycles. The number of aromatic nitrogens is 1. The predicted molar refractivity (Wildman–Crippen MR) is 119 cm³/mol. The first kappa shape index (κ1) is 21.8. The number of amides is 1. The van der Waals surface area contributed by atoms with Crippen molar-refractivity contribution in [2.75, 3.05) is 20.7 Å². The van der Waals surface area contributed by atoms with Crippen molar-refractivity contribution >= 4 is 17.2 Å². The van der Waals surface area contributed by atoms with Crippen LogP contribution in [0.25, 0.3) is 0 Å². The molecule has 2 aromatic carbocycles. The van der Waals surface area contributed by atoms with Gasteiger partial charge >= 0.3 is 0 Å². The minimum absolute atomic E-state index is 0.00204. The van der Waals surface area contributed by atoms with E-state index < -0.39 is 0 Å². The van der Waals surface area contributed by atoms with Crippen LogP contribution in [-0.2, 0) is 13.2 Å². The number of methoxy groups -OCH3 is 1. The molecule has 6 nitrogen and oxygen atoms in total. The van der Waals surface area contributed by atoms with Crippen molar-refractivity contribution in [1.29, 1.82) is 0 Å². The lowest BCUT2D eigenvalue weighted by molar-refractivity contribution is 0.0931. The number of hydrogen-bond donors (Lipinski definition) is 1. The zero-order chi connectivity index (χ0) is 21.3. The number of ether oxygens (including phenoxy) is 2. The van der Waals surface area contributed by atoms with E-state index in [0.29, 0.717) is 23.7 Å². The van der Waals surface area contributed by atoms with Gasteiger partial charge in [0.25, 0.3) is 5.91 Å². The van der Waals surface area contributed by atoms with Crippen LogP contribution in [0.5, 0.6) is 11.5 Å². The van der Waals surface area contributed by atoms with Crippen LogP contribution in [0, 0.1) is 0 Å². The molecule has 1 heterocycles. The molecule has 0 saturated heterocycles. The highest BCUT2D eigenvalue weighted by Crippen LogP contribution is 2.29. The Morgan fingerprint density at radius 1 is 1.20 bits per heavy atom. The van der Waals surface area contributed by atoms with Crippen LogP contribution in [0.4, 0.5) is 0 Å². The van der Waals surface area contributed by atoms with E-state index >= 15 is 0 Å². The van der Waals surface area contributed by atoms with E-state index in [1.54, 1.807) is 30.8 Å². The Labute approximate surface area is 181 Å². The highest BCUT2D eigenvalue weighted by atomic mass is 32.1. The molecule has 0 bridgehead atoms. The Hall–Kier alpha value is -2.90.